The summed E-state index contributed by atoms with van der Waals surface area (Å²) in [6.45, 7) is 0. The van der Waals surface area contributed by atoms with Gasteiger partial charge in [-0.2, -0.15) is 0 Å². The number of primary amides is 1. The van der Waals surface area contributed by atoms with Gasteiger partial charge in [-0.25, -0.2) is 9.97 Å². The van der Waals surface area contributed by atoms with Crippen LogP contribution in [-0.4, -0.2) is 15.9 Å². The molecule has 2 heterocycles. The van der Waals surface area contributed by atoms with Gasteiger partial charge >= 0.3 is 0 Å². The van der Waals surface area contributed by atoms with Gasteiger partial charge in [-0.15, -0.1) is 11.3 Å². The largest absolute Gasteiger partial charge is 0.431 e. The summed E-state index contributed by atoms with van der Waals surface area (Å²) in [5.41, 5.74) is 9.33. The molecule has 0 radical (unpaired) electrons. The van der Waals surface area contributed by atoms with Crippen molar-refractivity contribution < 1.29 is 9.21 Å². The summed E-state index contributed by atoms with van der Waals surface area (Å²) in [4.78, 5) is 20.2. The number of rotatable bonds is 5. The van der Waals surface area contributed by atoms with Gasteiger partial charge < -0.3 is 10.2 Å². The molecule has 0 aliphatic carbocycles. The molecule has 0 saturated heterocycles. The first-order valence-corrected chi connectivity index (χ1v) is 9.38. The minimum absolute atomic E-state index is 0.430. The molecule has 124 valence electrons. The second-order valence-electron chi connectivity index (χ2n) is 5.32. The number of hydrogen-bond acceptors (Lipinski definition) is 6. The normalized spacial score (nSPS) is 11.0. The molecule has 0 saturated carbocycles. The highest BCUT2D eigenvalue weighted by molar-refractivity contribution is 7.98. The lowest BCUT2D eigenvalue weighted by molar-refractivity contribution is 0.100. The number of benzene rings is 2. The molecule has 0 aliphatic rings. The van der Waals surface area contributed by atoms with Crippen molar-refractivity contribution in [2.24, 2.45) is 5.73 Å². The smallest absolute Gasteiger partial charge is 0.257 e. The van der Waals surface area contributed by atoms with Gasteiger partial charge in [0, 0.05) is 22.3 Å². The third-order valence-electron chi connectivity index (χ3n) is 3.59. The van der Waals surface area contributed by atoms with Crippen LogP contribution in [0.4, 0.5) is 0 Å². The summed E-state index contributed by atoms with van der Waals surface area (Å²) >= 11 is 3.08. The number of carbonyl (C=O) groups is 1. The topological polar surface area (TPSA) is 82.0 Å². The lowest BCUT2D eigenvalue weighted by atomic mass is 10.1. The van der Waals surface area contributed by atoms with E-state index in [1.165, 1.54) is 11.8 Å². The molecule has 0 fully saturated rings. The maximum atomic E-state index is 11.1. The third kappa shape index (κ3) is 3.42. The maximum Gasteiger partial charge on any atom is 0.257 e. The SMILES string of the molecule is NC(=O)c1ccc(-c2nc(CSc3nc4ccccc4o3)cs2)cc1. The molecule has 7 heteroatoms. The first kappa shape index (κ1) is 15.9. The van der Waals surface area contributed by atoms with Gasteiger partial charge in [0.05, 0.1) is 5.69 Å². The van der Waals surface area contributed by atoms with E-state index in [-0.39, 0.29) is 0 Å². The first-order valence-electron chi connectivity index (χ1n) is 7.52. The van der Waals surface area contributed by atoms with Crippen molar-refractivity contribution in [3.8, 4) is 10.6 Å². The number of nitrogens with two attached hydrogens (primary N) is 1. The van der Waals surface area contributed by atoms with E-state index in [9.17, 15) is 4.79 Å². The molecule has 5 nitrogen and oxygen atoms in total. The highest BCUT2D eigenvalue weighted by Crippen LogP contribution is 2.29. The van der Waals surface area contributed by atoms with E-state index in [2.05, 4.69) is 9.97 Å². The second-order valence-corrected chi connectivity index (χ2v) is 7.11. The number of carbonyl (C=O) groups excluding carboxylic acids is 1. The second kappa shape index (κ2) is 6.70. The van der Waals surface area contributed by atoms with Crippen molar-refractivity contribution in [3.63, 3.8) is 0 Å². The van der Waals surface area contributed by atoms with E-state index in [1.807, 2.05) is 41.8 Å². The molecular weight excluding hydrogens is 354 g/mol. The Bertz CT molecular complexity index is 1000. The molecule has 1 amide bonds. The molecule has 0 atom stereocenters. The lowest BCUT2D eigenvalue weighted by Gasteiger charge is -1.98. The van der Waals surface area contributed by atoms with Crippen LogP contribution < -0.4 is 5.73 Å². The summed E-state index contributed by atoms with van der Waals surface area (Å²) in [5, 5.41) is 3.57. The molecule has 4 rings (SSSR count). The van der Waals surface area contributed by atoms with Gasteiger partial charge in [0.2, 0.25) is 5.91 Å². The molecular formula is C18H13N3O2S2. The van der Waals surface area contributed by atoms with Gasteiger partial charge in [-0.3, -0.25) is 4.79 Å². The Morgan fingerprint density at radius 1 is 1.12 bits per heavy atom. The van der Waals surface area contributed by atoms with Crippen LogP contribution in [0.25, 0.3) is 21.7 Å². The first-order chi connectivity index (χ1) is 12.2. The molecule has 4 aromatic rings. The van der Waals surface area contributed by atoms with Crippen LogP contribution in [0.1, 0.15) is 16.1 Å². The zero-order valence-corrected chi connectivity index (χ0v) is 14.6. The average molecular weight is 367 g/mol. The molecule has 0 bridgehead atoms. The van der Waals surface area contributed by atoms with Crippen molar-refractivity contribution in [1.82, 2.24) is 9.97 Å². The number of aromatic nitrogens is 2. The van der Waals surface area contributed by atoms with Crippen LogP contribution in [-0.2, 0) is 5.75 Å². The fourth-order valence-corrected chi connectivity index (χ4v) is 3.99. The van der Waals surface area contributed by atoms with E-state index in [0.29, 0.717) is 16.5 Å². The Morgan fingerprint density at radius 3 is 2.68 bits per heavy atom. The third-order valence-corrected chi connectivity index (χ3v) is 5.39. The van der Waals surface area contributed by atoms with Crippen LogP contribution in [0, 0.1) is 0 Å². The summed E-state index contributed by atoms with van der Waals surface area (Å²) in [7, 11) is 0. The van der Waals surface area contributed by atoms with Crippen LogP contribution in [0.5, 0.6) is 0 Å². The van der Waals surface area contributed by atoms with Gasteiger partial charge in [0.1, 0.15) is 10.5 Å². The molecule has 2 aromatic heterocycles. The average Bonchev–Trinajstić information content (AvgIpc) is 3.26. The monoisotopic (exact) mass is 367 g/mol. The minimum atomic E-state index is -0.430. The van der Waals surface area contributed by atoms with Gasteiger partial charge in [0.15, 0.2) is 5.58 Å². The van der Waals surface area contributed by atoms with Crippen molar-refractivity contribution in [1.29, 1.82) is 0 Å². The molecule has 0 unspecified atom stereocenters. The molecule has 2 aromatic carbocycles. The van der Waals surface area contributed by atoms with Gasteiger partial charge in [0.25, 0.3) is 5.22 Å². The quantitative estimate of drug-likeness (QED) is 0.531. The number of amides is 1. The fourth-order valence-electron chi connectivity index (χ4n) is 2.33. The van der Waals surface area contributed by atoms with Crippen LogP contribution in [0.15, 0.2) is 63.6 Å². The summed E-state index contributed by atoms with van der Waals surface area (Å²) < 4.78 is 5.70. The highest BCUT2D eigenvalue weighted by atomic mass is 32.2. The summed E-state index contributed by atoms with van der Waals surface area (Å²) in [6, 6.07) is 14.8. The van der Waals surface area contributed by atoms with Crippen molar-refractivity contribution >= 4 is 40.1 Å². The predicted molar refractivity (Wildman–Crippen MR) is 99.6 cm³/mol. The fraction of sp³-hybridized carbons (Fsp3) is 0.0556. The minimum Gasteiger partial charge on any atom is -0.431 e. The maximum absolute atomic E-state index is 11.1. The summed E-state index contributed by atoms with van der Waals surface area (Å²) in [5.74, 6) is 0.254. The lowest BCUT2D eigenvalue weighted by Crippen LogP contribution is -2.10. The van der Waals surface area contributed by atoms with Crippen molar-refractivity contribution in [2.75, 3.05) is 0 Å². The van der Waals surface area contributed by atoms with Crippen LogP contribution >= 0.6 is 23.1 Å². The van der Waals surface area contributed by atoms with Gasteiger partial charge in [-0.05, 0) is 24.3 Å². The Hall–Kier alpha value is -2.64. The Balaban J connectivity index is 1.46. The molecule has 25 heavy (non-hydrogen) atoms. The van der Waals surface area contributed by atoms with Crippen molar-refractivity contribution in [3.05, 3.63) is 65.2 Å². The number of nitrogens with zero attached hydrogens (tertiary/aromatic N) is 2. The zero-order chi connectivity index (χ0) is 17.2. The summed E-state index contributed by atoms with van der Waals surface area (Å²) in [6.07, 6.45) is 0. The Kier molecular flexibility index (Phi) is 4.25. The van der Waals surface area contributed by atoms with Gasteiger partial charge in [-0.1, -0.05) is 36.0 Å². The molecule has 2 N–H and O–H groups in total. The number of para-hydroxylation sites is 2. The van der Waals surface area contributed by atoms with E-state index in [0.717, 1.165) is 27.4 Å². The number of oxazole rings is 1. The van der Waals surface area contributed by atoms with E-state index < -0.39 is 5.91 Å². The number of thioether (sulfide) groups is 1. The van der Waals surface area contributed by atoms with E-state index in [4.69, 9.17) is 10.2 Å². The van der Waals surface area contributed by atoms with Crippen LogP contribution in [0.3, 0.4) is 0 Å². The van der Waals surface area contributed by atoms with E-state index in [1.54, 1.807) is 23.5 Å². The standard InChI is InChI=1S/C18H13N3O2S2/c19-16(22)11-5-7-12(8-6-11)17-20-13(9-24-17)10-25-18-21-14-3-1-2-4-15(14)23-18/h1-9H,10H2,(H2,19,22). The Morgan fingerprint density at radius 2 is 1.92 bits per heavy atom. The zero-order valence-electron chi connectivity index (χ0n) is 13.0. The Labute approximate surface area is 151 Å². The molecule has 0 spiro atoms. The van der Waals surface area contributed by atoms with E-state index >= 15 is 0 Å². The highest BCUT2D eigenvalue weighted by Gasteiger charge is 2.09. The number of thiazole rings is 1. The van der Waals surface area contributed by atoms with Crippen molar-refractivity contribution in [2.45, 2.75) is 11.0 Å². The predicted octanol–water partition coefficient (Wildman–Crippen LogP) is 4.34. The number of fused-ring (bicyclic) bond motifs is 1. The molecule has 0 aliphatic heterocycles. The number of hydrogen-bond donors (Lipinski definition) is 1. The van der Waals surface area contributed by atoms with Crippen LogP contribution in [0.2, 0.25) is 0 Å².